The second-order valence-corrected chi connectivity index (χ2v) is 4.36. The normalized spacial score (nSPS) is 21.8. The summed E-state index contributed by atoms with van der Waals surface area (Å²) in [5, 5.41) is 6.33. The van der Waals surface area contributed by atoms with Gasteiger partial charge >= 0.3 is 0 Å². The van der Waals surface area contributed by atoms with Crippen LogP contribution in [-0.2, 0) is 11.2 Å². The maximum atomic E-state index is 11.2. The lowest BCUT2D eigenvalue weighted by atomic mass is 10.2. The lowest BCUT2D eigenvalue weighted by Gasteiger charge is -1.92. The lowest BCUT2D eigenvalue weighted by molar-refractivity contribution is -0.120. The van der Waals surface area contributed by atoms with E-state index in [1.54, 1.807) is 13.3 Å². The zero-order valence-electron chi connectivity index (χ0n) is 9.92. The van der Waals surface area contributed by atoms with E-state index in [1.165, 1.54) is 0 Å². The van der Waals surface area contributed by atoms with Gasteiger partial charge in [0.25, 0.3) is 0 Å². The minimum Gasteiger partial charge on any atom is -0.469 e. The molecule has 94 valence electrons. The molecule has 0 aromatic carbocycles. The summed E-state index contributed by atoms with van der Waals surface area (Å²) in [5.41, 5.74) is 0. The van der Waals surface area contributed by atoms with Gasteiger partial charge in [0, 0.05) is 18.9 Å². The standard InChI is InChI=1S/C12H13N3O3/c1-13-11(16)6-10-14-12(18-15-10)8-5-7(8)9-3-2-4-17-9/h2-4,7-8H,5-6H2,1H3,(H,13,16)/t7-,8-/m0/s1. The van der Waals surface area contributed by atoms with Crippen LogP contribution in [0.1, 0.15) is 35.7 Å². The highest BCUT2D eigenvalue weighted by molar-refractivity contribution is 5.77. The predicted octanol–water partition coefficient (Wildman–Crippen LogP) is 1.22. The summed E-state index contributed by atoms with van der Waals surface area (Å²) >= 11 is 0. The van der Waals surface area contributed by atoms with Crippen LogP contribution in [-0.4, -0.2) is 23.1 Å². The molecule has 0 aliphatic heterocycles. The summed E-state index contributed by atoms with van der Waals surface area (Å²) in [4.78, 5) is 15.4. The Morgan fingerprint density at radius 1 is 1.56 bits per heavy atom. The second-order valence-electron chi connectivity index (χ2n) is 4.36. The fraction of sp³-hybridized carbons (Fsp3) is 0.417. The summed E-state index contributed by atoms with van der Waals surface area (Å²) in [7, 11) is 1.58. The number of furan rings is 1. The van der Waals surface area contributed by atoms with Gasteiger partial charge in [-0.25, -0.2) is 0 Å². The Kier molecular flexibility index (Phi) is 2.62. The van der Waals surface area contributed by atoms with Crippen LogP contribution < -0.4 is 5.32 Å². The van der Waals surface area contributed by atoms with E-state index in [2.05, 4.69) is 15.5 Å². The molecule has 0 bridgehead atoms. The number of nitrogens with zero attached hydrogens (tertiary/aromatic N) is 2. The fourth-order valence-corrected chi connectivity index (χ4v) is 2.01. The van der Waals surface area contributed by atoms with Crippen molar-refractivity contribution < 1.29 is 13.7 Å². The average molecular weight is 247 g/mol. The van der Waals surface area contributed by atoms with Gasteiger partial charge in [-0.2, -0.15) is 4.98 Å². The van der Waals surface area contributed by atoms with Crippen molar-refractivity contribution in [3.63, 3.8) is 0 Å². The highest BCUT2D eigenvalue weighted by Crippen LogP contribution is 2.54. The Labute approximate surface area is 103 Å². The summed E-state index contributed by atoms with van der Waals surface area (Å²) in [6, 6.07) is 3.82. The van der Waals surface area contributed by atoms with Gasteiger partial charge in [-0.15, -0.1) is 0 Å². The number of hydrogen-bond acceptors (Lipinski definition) is 5. The first kappa shape index (κ1) is 11.0. The largest absolute Gasteiger partial charge is 0.469 e. The van der Waals surface area contributed by atoms with E-state index in [0.29, 0.717) is 17.6 Å². The van der Waals surface area contributed by atoms with E-state index < -0.39 is 0 Å². The van der Waals surface area contributed by atoms with Gasteiger partial charge < -0.3 is 14.3 Å². The number of amides is 1. The van der Waals surface area contributed by atoms with Crippen molar-refractivity contribution in [3.8, 4) is 0 Å². The van der Waals surface area contributed by atoms with Gasteiger partial charge in [0.2, 0.25) is 11.8 Å². The van der Waals surface area contributed by atoms with Gasteiger partial charge in [-0.3, -0.25) is 4.79 Å². The van der Waals surface area contributed by atoms with Crippen LogP contribution in [0.15, 0.2) is 27.3 Å². The molecule has 6 heteroatoms. The molecule has 1 aliphatic carbocycles. The Balaban J connectivity index is 1.67. The van der Waals surface area contributed by atoms with Gasteiger partial charge in [0.05, 0.1) is 12.7 Å². The first-order valence-corrected chi connectivity index (χ1v) is 5.84. The van der Waals surface area contributed by atoms with Crippen LogP contribution >= 0.6 is 0 Å². The van der Waals surface area contributed by atoms with Crippen molar-refractivity contribution in [3.05, 3.63) is 35.9 Å². The van der Waals surface area contributed by atoms with Crippen LogP contribution in [0.25, 0.3) is 0 Å². The Hall–Kier alpha value is -2.11. The molecular weight excluding hydrogens is 234 g/mol. The molecular formula is C12H13N3O3. The van der Waals surface area contributed by atoms with Crippen LogP contribution in [0.3, 0.4) is 0 Å². The summed E-state index contributed by atoms with van der Waals surface area (Å²) < 4.78 is 10.5. The summed E-state index contributed by atoms with van der Waals surface area (Å²) in [6.07, 6.45) is 2.77. The lowest BCUT2D eigenvalue weighted by Crippen LogP contribution is -2.20. The highest BCUT2D eigenvalue weighted by Gasteiger charge is 2.45. The van der Waals surface area contributed by atoms with Crippen molar-refractivity contribution in [1.29, 1.82) is 0 Å². The van der Waals surface area contributed by atoms with E-state index >= 15 is 0 Å². The van der Waals surface area contributed by atoms with E-state index in [4.69, 9.17) is 8.94 Å². The fourth-order valence-electron chi connectivity index (χ4n) is 2.01. The van der Waals surface area contributed by atoms with Crippen LogP contribution in [0, 0.1) is 0 Å². The molecule has 0 spiro atoms. The average Bonchev–Trinajstić information content (AvgIpc) is 2.83. The molecule has 0 radical (unpaired) electrons. The van der Waals surface area contributed by atoms with Crippen molar-refractivity contribution in [2.45, 2.75) is 24.7 Å². The van der Waals surface area contributed by atoms with Crippen LogP contribution in [0.2, 0.25) is 0 Å². The smallest absolute Gasteiger partial charge is 0.230 e. The molecule has 2 heterocycles. The van der Waals surface area contributed by atoms with E-state index in [1.807, 2.05) is 12.1 Å². The Morgan fingerprint density at radius 2 is 2.44 bits per heavy atom. The molecule has 6 nitrogen and oxygen atoms in total. The summed E-state index contributed by atoms with van der Waals surface area (Å²) in [6.45, 7) is 0. The molecule has 2 aromatic rings. The molecule has 1 saturated carbocycles. The van der Waals surface area contributed by atoms with Crippen molar-refractivity contribution in [2.24, 2.45) is 0 Å². The van der Waals surface area contributed by atoms with Crippen molar-refractivity contribution in [2.75, 3.05) is 7.05 Å². The SMILES string of the molecule is CNC(=O)Cc1noc([C@H]2C[C@@H]2c2ccco2)n1. The molecule has 0 saturated heterocycles. The van der Waals surface area contributed by atoms with E-state index in [-0.39, 0.29) is 18.2 Å². The first-order chi connectivity index (χ1) is 8.78. The Bertz CT molecular complexity index is 547. The predicted molar refractivity (Wildman–Crippen MR) is 60.9 cm³/mol. The number of rotatable bonds is 4. The first-order valence-electron chi connectivity index (χ1n) is 5.84. The maximum absolute atomic E-state index is 11.2. The molecule has 18 heavy (non-hydrogen) atoms. The van der Waals surface area contributed by atoms with Gasteiger partial charge in [0.15, 0.2) is 5.82 Å². The summed E-state index contributed by atoms with van der Waals surface area (Å²) in [5.74, 6) is 2.40. The zero-order chi connectivity index (χ0) is 12.5. The Morgan fingerprint density at radius 3 is 3.17 bits per heavy atom. The van der Waals surface area contributed by atoms with Crippen LogP contribution in [0.4, 0.5) is 0 Å². The van der Waals surface area contributed by atoms with E-state index in [9.17, 15) is 4.79 Å². The van der Waals surface area contributed by atoms with Gasteiger partial charge in [-0.1, -0.05) is 5.16 Å². The van der Waals surface area contributed by atoms with Crippen molar-refractivity contribution >= 4 is 5.91 Å². The van der Waals surface area contributed by atoms with Gasteiger partial charge in [-0.05, 0) is 18.6 Å². The minimum atomic E-state index is -0.124. The van der Waals surface area contributed by atoms with E-state index in [0.717, 1.165) is 12.2 Å². The van der Waals surface area contributed by atoms with Crippen LogP contribution in [0.5, 0.6) is 0 Å². The maximum Gasteiger partial charge on any atom is 0.230 e. The quantitative estimate of drug-likeness (QED) is 0.878. The van der Waals surface area contributed by atoms with Crippen molar-refractivity contribution in [1.82, 2.24) is 15.5 Å². The molecule has 3 rings (SSSR count). The number of hydrogen-bond donors (Lipinski definition) is 1. The topological polar surface area (TPSA) is 81.2 Å². The molecule has 2 aromatic heterocycles. The number of aromatic nitrogens is 2. The molecule has 1 N–H and O–H groups in total. The molecule has 0 unspecified atom stereocenters. The third kappa shape index (κ3) is 2.01. The minimum absolute atomic E-state index is 0.124. The number of carbonyl (C=O) groups is 1. The number of nitrogens with one attached hydrogen (secondary N) is 1. The molecule has 1 amide bonds. The third-order valence-electron chi connectivity index (χ3n) is 3.10. The second kappa shape index (κ2) is 4.29. The third-order valence-corrected chi connectivity index (χ3v) is 3.10. The zero-order valence-corrected chi connectivity index (χ0v) is 9.92. The molecule has 2 atom stereocenters. The highest BCUT2D eigenvalue weighted by atomic mass is 16.5. The van der Waals surface area contributed by atoms with Gasteiger partial charge in [0.1, 0.15) is 5.76 Å². The molecule has 1 fully saturated rings. The number of likely N-dealkylation sites (N-methyl/N-ethyl adjacent to an activating group) is 1. The molecule has 1 aliphatic rings. The number of carbonyl (C=O) groups excluding carboxylic acids is 1. The monoisotopic (exact) mass is 247 g/mol.